The van der Waals surface area contributed by atoms with Crippen LogP contribution < -0.4 is 4.74 Å². The van der Waals surface area contributed by atoms with E-state index in [0.717, 1.165) is 24.2 Å². The molecule has 0 radical (unpaired) electrons. The Morgan fingerprint density at radius 2 is 2.05 bits per heavy atom. The first-order valence-electron chi connectivity index (χ1n) is 6.61. The van der Waals surface area contributed by atoms with E-state index in [1.807, 2.05) is 24.3 Å². The van der Waals surface area contributed by atoms with E-state index in [1.54, 1.807) is 14.0 Å². The van der Waals surface area contributed by atoms with Gasteiger partial charge in [-0.25, -0.2) is 0 Å². The fraction of sp³-hybridized carbons (Fsp3) is 0.533. The zero-order valence-electron chi connectivity index (χ0n) is 11.3. The van der Waals surface area contributed by atoms with Crippen LogP contribution in [-0.4, -0.2) is 30.4 Å². The summed E-state index contributed by atoms with van der Waals surface area (Å²) in [6, 6.07) is 7.71. The van der Waals surface area contributed by atoms with Crippen molar-refractivity contribution in [2.24, 2.45) is 5.92 Å². The molecule has 104 valence electrons. The maximum atomic E-state index is 11.9. The van der Waals surface area contributed by atoms with Crippen LogP contribution in [-0.2, 0) is 16.0 Å². The highest BCUT2D eigenvalue weighted by Gasteiger charge is 2.32. The monoisotopic (exact) mass is 264 g/mol. The summed E-state index contributed by atoms with van der Waals surface area (Å²) in [6.07, 6.45) is 1.23. The van der Waals surface area contributed by atoms with Gasteiger partial charge in [0.05, 0.1) is 19.1 Å². The van der Waals surface area contributed by atoms with Gasteiger partial charge in [-0.1, -0.05) is 12.1 Å². The fourth-order valence-electron chi connectivity index (χ4n) is 2.36. The highest BCUT2D eigenvalue weighted by Crippen LogP contribution is 2.26. The number of carbonyl (C=O) groups is 1. The van der Waals surface area contributed by atoms with Gasteiger partial charge < -0.3 is 14.6 Å². The molecular weight excluding hydrogens is 244 g/mol. The van der Waals surface area contributed by atoms with Crippen LogP contribution in [0, 0.1) is 5.92 Å². The molecule has 1 aromatic carbocycles. The van der Waals surface area contributed by atoms with Gasteiger partial charge in [-0.05, 0) is 43.9 Å². The molecule has 1 saturated heterocycles. The first kappa shape index (κ1) is 13.9. The van der Waals surface area contributed by atoms with Gasteiger partial charge in [-0.15, -0.1) is 0 Å². The van der Waals surface area contributed by atoms with E-state index in [1.165, 1.54) is 0 Å². The quantitative estimate of drug-likeness (QED) is 0.844. The summed E-state index contributed by atoms with van der Waals surface area (Å²) in [6.45, 7) is 1.65. The number of aliphatic hydroxyl groups excluding tert-OH is 1. The number of carbonyl (C=O) groups excluding carboxylic acids is 1. The lowest BCUT2D eigenvalue weighted by atomic mass is 9.90. The number of aliphatic hydroxyl groups is 1. The first-order chi connectivity index (χ1) is 9.10. The summed E-state index contributed by atoms with van der Waals surface area (Å²) in [5, 5.41) is 9.44. The van der Waals surface area contributed by atoms with E-state index >= 15 is 0 Å². The van der Waals surface area contributed by atoms with Crippen LogP contribution in [0.25, 0.3) is 0 Å². The molecule has 4 heteroatoms. The number of rotatable bonds is 4. The lowest BCUT2D eigenvalue weighted by molar-refractivity contribution is -0.166. The molecule has 2 rings (SSSR count). The van der Waals surface area contributed by atoms with Crippen molar-refractivity contribution in [3.63, 3.8) is 0 Å². The largest absolute Gasteiger partial charge is 0.497 e. The number of cyclic esters (lactones) is 1. The molecule has 1 N–H and O–H groups in total. The van der Waals surface area contributed by atoms with E-state index in [0.29, 0.717) is 6.42 Å². The Hall–Kier alpha value is -1.55. The van der Waals surface area contributed by atoms with E-state index in [-0.39, 0.29) is 18.0 Å². The number of methoxy groups -OCH3 is 1. The standard InChI is InChI=1S/C15H20O4/c1-10(16)14-8-5-12(15(17)19-14)9-11-3-6-13(18-2)7-4-11/h3-4,6-7,10,12,14,16H,5,8-9H2,1-2H3. The average molecular weight is 264 g/mol. The third-order valence-electron chi connectivity index (χ3n) is 3.58. The lowest BCUT2D eigenvalue weighted by Gasteiger charge is -2.29. The number of hydrogen-bond donors (Lipinski definition) is 1. The van der Waals surface area contributed by atoms with Gasteiger partial charge in [0.1, 0.15) is 11.9 Å². The number of benzene rings is 1. The molecule has 4 nitrogen and oxygen atoms in total. The minimum atomic E-state index is -0.592. The second-order valence-corrected chi connectivity index (χ2v) is 5.04. The minimum Gasteiger partial charge on any atom is -0.497 e. The van der Waals surface area contributed by atoms with Crippen LogP contribution in [0.4, 0.5) is 0 Å². The Kier molecular flexibility index (Phi) is 4.43. The van der Waals surface area contributed by atoms with Crippen molar-refractivity contribution >= 4 is 5.97 Å². The minimum absolute atomic E-state index is 0.108. The van der Waals surface area contributed by atoms with Gasteiger partial charge in [0.15, 0.2) is 0 Å². The predicted octanol–water partition coefficient (Wildman–Crippen LogP) is 1.94. The number of ether oxygens (including phenoxy) is 2. The van der Waals surface area contributed by atoms with Gasteiger partial charge >= 0.3 is 5.97 Å². The Morgan fingerprint density at radius 1 is 1.37 bits per heavy atom. The topological polar surface area (TPSA) is 55.8 Å². The van der Waals surface area contributed by atoms with Crippen molar-refractivity contribution in [2.45, 2.75) is 38.4 Å². The van der Waals surface area contributed by atoms with Crippen LogP contribution in [0.2, 0.25) is 0 Å². The number of esters is 1. The Morgan fingerprint density at radius 3 is 2.58 bits per heavy atom. The van der Waals surface area contributed by atoms with Crippen molar-refractivity contribution in [2.75, 3.05) is 7.11 Å². The second-order valence-electron chi connectivity index (χ2n) is 5.04. The zero-order valence-corrected chi connectivity index (χ0v) is 11.3. The molecule has 0 saturated carbocycles. The summed E-state index contributed by atoms with van der Waals surface area (Å²) in [5.41, 5.74) is 1.10. The van der Waals surface area contributed by atoms with Crippen LogP contribution in [0.15, 0.2) is 24.3 Å². The van der Waals surface area contributed by atoms with E-state index < -0.39 is 6.10 Å². The Balaban J connectivity index is 1.94. The normalized spacial score (nSPS) is 24.7. The van der Waals surface area contributed by atoms with E-state index in [2.05, 4.69) is 0 Å². The molecule has 0 bridgehead atoms. The van der Waals surface area contributed by atoms with Crippen molar-refractivity contribution in [3.8, 4) is 5.75 Å². The van der Waals surface area contributed by atoms with Crippen molar-refractivity contribution in [1.82, 2.24) is 0 Å². The van der Waals surface area contributed by atoms with Crippen LogP contribution >= 0.6 is 0 Å². The molecule has 0 aliphatic carbocycles. The Bertz CT molecular complexity index is 424. The molecule has 1 heterocycles. The van der Waals surface area contributed by atoms with Gasteiger partial charge in [0, 0.05) is 0 Å². The second kappa shape index (κ2) is 6.06. The number of hydrogen-bond acceptors (Lipinski definition) is 4. The molecule has 0 aromatic heterocycles. The predicted molar refractivity (Wildman–Crippen MR) is 71.0 cm³/mol. The maximum Gasteiger partial charge on any atom is 0.309 e. The first-order valence-corrected chi connectivity index (χ1v) is 6.61. The van der Waals surface area contributed by atoms with E-state index in [4.69, 9.17) is 9.47 Å². The molecule has 1 aliphatic heterocycles. The molecule has 0 amide bonds. The summed E-state index contributed by atoms with van der Waals surface area (Å²) in [5.74, 6) is 0.500. The van der Waals surface area contributed by atoms with E-state index in [9.17, 15) is 9.90 Å². The molecule has 3 unspecified atom stereocenters. The smallest absolute Gasteiger partial charge is 0.309 e. The average Bonchev–Trinajstić information content (AvgIpc) is 2.41. The molecule has 3 atom stereocenters. The summed E-state index contributed by atoms with van der Waals surface area (Å²) >= 11 is 0. The maximum absolute atomic E-state index is 11.9. The van der Waals surface area contributed by atoms with Crippen LogP contribution in [0.1, 0.15) is 25.3 Å². The van der Waals surface area contributed by atoms with Gasteiger partial charge in [0.2, 0.25) is 0 Å². The van der Waals surface area contributed by atoms with Crippen LogP contribution in [0.3, 0.4) is 0 Å². The molecule has 1 aromatic rings. The molecule has 1 aliphatic rings. The third kappa shape index (κ3) is 3.47. The Labute approximate surface area is 113 Å². The molecular formula is C15H20O4. The SMILES string of the molecule is COc1ccc(CC2CCC(C(C)O)OC2=O)cc1. The molecule has 19 heavy (non-hydrogen) atoms. The zero-order chi connectivity index (χ0) is 13.8. The summed E-state index contributed by atoms with van der Waals surface area (Å²) in [4.78, 5) is 11.9. The fourth-order valence-corrected chi connectivity index (χ4v) is 2.36. The van der Waals surface area contributed by atoms with Crippen LogP contribution in [0.5, 0.6) is 5.75 Å². The molecule has 1 fully saturated rings. The summed E-state index contributed by atoms with van der Waals surface area (Å²) < 4.78 is 10.4. The van der Waals surface area contributed by atoms with Gasteiger partial charge in [-0.2, -0.15) is 0 Å². The van der Waals surface area contributed by atoms with Gasteiger partial charge in [0.25, 0.3) is 0 Å². The lowest BCUT2D eigenvalue weighted by Crippen LogP contribution is -2.37. The highest BCUT2D eigenvalue weighted by molar-refractivity contribution is 5.73. The van der Waals surface area contributed by atoms with Crippen molar-refractivity contribution in [3.05, 3.63) is 29.8 Å². The van der Waals surface area contributed by atoms with Gasteiger partial charge in [-0.3, -0.25) is 4.79 Å². The van der Waals surface area contributed by atoms with Crippen molar-refractivity contribution in [1.29, 1.82) is 0 Å². The van der Waals surface area contributed by atoms with Crippen molar-refractivity contribution < 1.29 is 19.4 Å². The molecule has 0 spiro atoms. The third-order valence-corrected chi connectivity index (χ3v) is 3.58. The highest BCUT2D eigenvalue weighted by atomic mass is 16.6. The summed E-state index contributed by atoms with van der Waals surface area (Å²) in [7, 11) is 1.63.